The molecule has 23 heavy (non-hydrogen) atoms. The largest absolute Gasteiger partial charge is 0.378 e. The summed E-state index contributed by atoms with van der Waals surface area (Å²) in [6, 6.07) is 13.7. The lowest BCUT2D eigenvalue weighted by Crippen LogP contribution is -2.26. The fourth-order valence-corrected chi connectivity index (χ4v) is 2.29. The minimum Gasteiger partial charge on any atom is -0.378 e. The highest BCUT2D eigenvalue weighted by molar-refractivity contribution is 5.95. The minimum absolute atomic E-state index is 0.0224. The summed E-state index contributed by atoms with van der Waals surface area (Å²) >= 11 is 0. The predicted molar refractivity (Wildman–Crippen MR) is 89.7 cm³/mol. The van der Waals surface area contributed by atoms with Gasteiger partial charge in [-0.05, 0) is 18.2 Å². The van der Waals surface area contributed by atoms with Crippen LogP contribution in [0.4, 0.5) is 11.4 Å². The molecule has 0 aliphatic rings. The van der Waals surface area contributed by atoms with E-state index in [9.17, 15) is 14.9 Å². The van der Waals surface area contributed by atoms with Crippen molar-refractivity contribution >= 4 is 17.3 Å². The maximum Gasteiger partial charge on any atom is 0.274 e. The number of nitro groups is 1. The van der Waals surface area contributed by atoms with Crippen LogP contribution in [0, 0.1) is 10.1 Å². The average molecular weight is 313 g/mol. The molecule has 0 fully saturated rings. The van der Waals surface area contributed by atoms with Crippen LogP contribution >= 0.6 is 0 Å². The summed E-state index contributed by atoms with van der Waals surface area (Å²) in [4.78, 5) is 26.6. The van der Waals surface area contributed by atoms with E-state index in [1.54, 1.807) is 37.4 Å². The third kappa shape index (κ3) is 3.85. The number of carbonyl (C=O) groups excluding carboxylic acids is 1. The number of nitro benzene ring substituents is 1. The number of carbonyl (C=O) groups is 1. The second kappa shape index (κ2) is 6.91. The lowest BCUT2D eigenvalue weighted by Gasteiger charge is -2.19. The van der Waals surface area contributed by atoms with E-state index in [1.165, 1.54) is 11.0 Å². The zero-order valence-corrected chi connectivity index (χ0v) is 13.4. The lowest BCUT2D eigenvalue weighted by atomic mass is 10.1. The Hall–Kier alpha value is -2.89. The van der Waals surface area contributed by atoms with Gasteiger partial charge in [-0.25, -0.2) is 0 Å². The molecule has 0 N–H and O–H groups in total. The second-order valence-electron chi connectivity index (χ2n) is 5.49. The Morgan fingerprint density at radius 2 is 1.78 bits per heavy atom. The van der Waals surface area contributed by atoms with Crippen LogP contribution < -0.4 is 4.90 Å². The van der Waals surface area contributed by atoms with Gasteiger partial charge in [0.2, 0.25) is 0 Å². The molecule has 0 aliphatic heterocycles. The van der Waals surface area contributed by atoms with Crippen LogP contribution in [-0.4, -0.2) is 36.9 Å². The van der Waals surface area contributed by atoms with Crippen LogP contribution in [0.3, 0.4) is 0 Å². The number of hydrogen-bond acceptors (Lipinski definition) is 4. The molecule has 0 aromatic heterocycles. The monoisotopic (exact) mass is 313 g/mol. The van der Waals surface area contributed by atoms with Gasteiger partial charge < -0.3 is 9.80 Å². The van der Waals surface area contributed by atoms with Gasteiger partial charge in [0, 0.05) is 44.0 Å². The van der Waals surface area contributed by atoms with E-state index >= 15 is 0 Å². The zero-order valence-electron chi connectivity index (χ0n) is 13.4. The number of nitrogens with zero attached hydrogens (tertiary/aromatic N) is 3. The van der Waals surface area contributed by atoms with Gasteiger partial charge in [-0.15, -0.1) is 0 Å². The molecule has 120 valence electrons. The van der Waals surface area contributed by atoms with E-state index in [0.29, 0.717) is 11.1 Å². The van der Waals surface area contributed by atoms with E-state index in [-0.39, 0.29) is 18.1 Å². The highest BCUT2D eigenvalue weighted by Gasteiger charge is 2.18. The Labute approximate surface area is 135 Å². The van der Waals surface area contributed by atoms with Crippen LogP contribution in [0.25, 0.3) is 0 Å². The highest BCUT2D eigenvalue weighted by atomic mass is 16.6. The molecule has 0 saturated carbocycles. The SMILES string of the molecule is CN(Cc1ccccc1[N+](=O)[O-])C(=O)c1cccc(N(C)C)c1. The van der Waals surface area contributed by atoms with E-state index in [0.717, 1.165) is 5.69 Å². The molecule has 2 aromatic rings. The number of anilines is 1. The first-order valence-electron chi connectivity index (χ1n) is 7.15. The van der Waals surface area contributed by atoms with Gasteiger partial charge >= 0.3 is 0 Å². The third-order valence-corrected chi connectivity index (χ3v) is 3.55. The van der Waals surface area contributed by atoms with Crippen molar-refractivity contribution in [3.63, 3.8) is 0 Å². The third-order valence-electron chi connectivity index (χ3n) is 3.55. The van der Waals surface area contributed by atoms with Crippen LogP contribution in [0.1, 0.15) is 15.9 Å². The minimum atomic E-state index is -0.430. The number of benzene rings is 2. The van der Waals surface area contributed by atoms with Crippen molar-refractivity contribution < 1.29 is 9.72 Å². The summed E-state index contributed by atoms with van der Waals surface area (Å²) in [5.41, 5.74) is 2.01. The van der Waals surface area contributed by atoms with Gasteiger partial charge in [0.15, 0.2) is 0 Å². The molecule has 0 spiro atoms. The van der Waals surface area contributed by atoms with Crippen LogP contribution in [0.2, 0.25) is 0 Å². The normalized spacial score (nSPS) is 10.2. The molecule has 6 nitrogen and oxygen atoms in total. The van der Waals surface area contributed by atoms with Gasteiger partial charge in [0.1, 0.15) is 0 Å². The fourth-order valence-electron chi connectivity index (χ4n) is 2.29. The summed E-state index contributed by atoms with van der Waals surface area (Å²) in [6.07, 6.45) is 0. The molecule has 6 heteroatoms. The molecule has 0 heterocycles. The first-order valence-corrected chi connectivity index (χ1v) is 7.15. The fraction of sp³-hybridized carbons (Fsp3) is 0.235. The maximum atomic E-state index is 12.5. The van der Waals surface area contributed by atoms with Crippen molar-refractivity contribution in [2.45, 2.75) is 6.54 Å². The van der Waals surface area contributed by atoms with Gasteiger partial charge in [-0.3, -0.25) is 14.9 Å². The first kappa shape index (κ1) is 16.5. The van der Waals surface area contributed by atoms with E-state index in [4.69, 9.17) is 0 Å². The molecule has 2 aromatic carbocycles. The van der Waals surface area contributed by atoms with Crippen molar-refractivity contribution in [2.75, 3.05) is 26.0 Å². The van der Waals surface area contributed by atoms with Crippen molar-refractivity contribution in [1.82, 2.24) is 4.90 Å². The molecule has 1 amide bonds. The standard InChI is InChI=1S/C17H19N3O3/c1-18(2)15-9-6-8-13(11-15)17(21)19(3)12-14-7-4-5-10-16(14)20(22)23/h4-11H,12H2,1-3H3. The lowest BCUT2D eigenvalue weighted by molar-refractivity contribution is -0.385. The quantitative estimate of drug-likeness (QED) is 0.629. The number of amides is 1. The van der Waals surface area contributed by atoms with Crippen LogP contribution in [0.5, 0.6) is 0 Å². The first-order chi connectivity index (χ1) is 10.9. The summed E-state index contributed by atoms with van der Waals surface area (Å²) in [5, 5.41) is 11.1. The molecular weight excluding hydrogens is 294 g/mol. The number of rotatable bonds is 5. The van der Waals surface area contributed by atoms with Crippen molar-refractivity contribution in [2.24, 2.45) is 0 Å². The second-order valence-corrected chi connectivity index (χ2v) is 5.49. The maximum absolute atomic E-state index is 12.5. The summed E-state index contributed by atoms with van der Waals surface area (Å²) < 4.78 is 0. The van der Waals surface area contributed by atoms with Gasteiger partial charge in [0.05, 0.1) is 11.5 Å². The van der Waals surface area contributed by atoms with Gasteiger partial charge in [0.25, 0.3) is 11.6 Å². The summed E-state index contributed by atoms with van der Waals surface area (Å²) in [6.45, 7) is 0.183. The van der Waals surface area contributed by atoms with Crippen molar-refractivity contribution in [3.8, 4) is 0 Å². The summed E-state index contributed by atoms with van der Waals surface area (Å²) in [5.74, 6) is -0.174. The van der Waals surface area contributed by atoms with E-state index < -0.39 is 4.92 Å². The van der Waals surface area contributed by atoms with E-state index in [2.05, 4.69) is 0 Å². The topological polar surface area (TPSA) is 66.7 Å². The molecule has 0 radical (unpaired) electrons. The molecule has 0 unspecified atom stereocenters. The Kier molecular flexibility index (Phi) is 4.95. The smallest absolute Gasteiger partial charge is 0.274 e. The molecule has 0 bridgehead atoms. The number of hydrogen-bond donors (Lipinski definition) is 0. The Balaban J connectivity index is 2.21. The van der Waals surface area contributed by atoms with Crippen molar-refractivity contribution in [1.29, 1.82) is 0 Å². The molecule has 2 rings (SSSR count). The predicted octanol–water partition coefficient (Wildman–Crippen LogP) is 2.93. The van der Waals surface area contributed by atoms with E-state index in [1.807, 2.05) is 31.1 Å². The molecule has 0 atom stereocenters. The average Bonchev–Trinajstić information content (AvgIpc) is 2.54. The van der Waals surface area contributed by atoms with Crippen LogP contribution in [0.15, 0.2) is 48.5 Å². The summed E-state index contributed by atoms with van der Waals surface area (Å²) in [7, 11) is 5.45. The van der Waals surface area contributed by atoms with Gasteiger partial charge in [-0.1, -0.05) is 24.3 Å². The Bertz CT molecular complexity index is 729. The molecule has 0 saturated heterocycles. The Morgan fingerprint density at radius 1 is 1.09 bits per heavy atom. The van der Waals surface area contributed by atoms with Crippen LogP contribution in [-0.2, 0) is 6.54 Å². The Morgan fingerprint density at radius 3 is 2.43 bits per heavy atom. The molecular formula is C17H19N3O3. The highest BCUT2D eigenvalue weighted by Crippen LogP contribution is 2.20. The molecule has 0 aliphatic carbocycles. The van der Waals surface area contributed by atoms with Crippen molar-refractivity contribution in [3.05, 3.63) is 69.8 Å². The van der Waals surface area contributed by atoms with Gasteiger partial charge in [-0.2, -0.15) is 0 Å². The number of para-hydroxylation sites is 1. The zero-order chi connectivity index (χ0) is 17.0.